The third kappa shape index (κ3) is 4.46. The molecule has 88 valence electrons. The highest BCUT2D eigenvalue weighted by Gasteiger charge is 2.33. The van der Waals surface area contributed by atoms with Crippen molar-refractivity contribution in [2.24, 2.45) is 5.41 Å². The summed E-state index contributed by atoms with van der Waals surface area (Å²) in [5.74, 6) is 0. The van der Waals surface area contributed by atoms with E-state index in [4.69, 9.17) is 0 Å². The molecule has 0 radical (unpaired) electrons. The molecule has 0 atom stereocenters. The average Bonchev–Trinajstić information content (AvgIpc) is 2.19. The Bertz CT molecular complexity index is 174. The molecule has 15 heavy (non-hydrogen) atoms. The topological polar surface area (TPSA) is 0 Å². The van der Waals surface area contributed by atoms with Crippen LogP contribution < -0.4 is 0 Å². The second-order valence-electron chi connectivity index (χ2n) is 6.37. The number of hydrogen-bond donors (Lipinski definition) is 0. The predicted molar refractivity (Wildman–Crippen MR) is 67.6 cm³/mol. The number of likely N-dealkylation sites (tertiary alicyclic amines) is 1. The van der Waals surface area contributed by atoms with Crippen molar-refractivity contribution >= 4 is 0 Å². The molecule has 0 aromatic heterocycles. The molecule has 0 N–H and O–H groups in total. The molecule has 1 rings (SSSR count). The fraction of sp³-hybridized carbons (Fsp3) is 0.929. The van der Waals surface area contributed by atoms with E-state index in [1.54, 1.807) is 0 Å². The summed E-state index contributed by atoms with van der Waals surface area (Å²) in [4.78, 5) is 0. The highest BCUT2D eigenvalue weighted by Crippen LogP contribution is 2.32. The highest BCUT2D eigenvalue weighted by molar-refractivity contribution is 4.72. The van der Waals surface area contributed by atoms with Crippen molar-refractivity contribution in [3.63, 3.8) is 0 Å². The molecule has 0 unspecified atom stereocenters. The lowest BCUT2D eigenvalue weighted by Crippen LogP contribution is -2.51. The average molecular weight is 211 g/mol. The maximum Gasteiger partial charge on any atom is 0.0850 e. The van der Waals surface area contributed by atoms with E-state index in [-0.39, 0.29) is 0 Å². The van der Waals surface area contributed by atoms with E-state index in [2.05, 4.69) is 27.8 Å². The highest BCUT2D eigenvalue weighted by atomic mass is 15.3. The molecule has 1 fully saturated rings. The summed E-state index contributed by atoms with van der Waals surface area (Å²) >= 11 is 0. The van der Waals surface area contributed by atoms with Crippen LogP contribution in [0.3, 0.4) is 0 Å². The first kappa shape index (κ1) is 12.9. The minimum Gasteiger partial charge on any atom is -0.326 e. The van der Waals surface area contributed by atoms with Crippen LogP contribution in [0.4, 0.5) is 0 Å². The normalized spacial score (nSPS) is 23.9. The van der Waals surface area contributed by atoms with Gasteiger partial charge in [0.25, 0.3) is 0 Å². The third-order valence-electron chi connectivity index (χ3n) is 4.10. The minimum atomic E-state index is 0.602. The molecule has 0 aliphatic carbocycles. The van der Waals surface area contributed by atoms with E-state index >= 15 is 0 Å². The fourth-order valence-electron chi connectivity index (χ4n) is 2.45. The number of rotatable bonds is 5. The van der Waals surface area contributed by atoms with Gasteiger partial charge in [0.2, 0.25) is 0 Å². The molecule has 1 aliphatic rings. The van der Waals surface area contributed by atoms with E-state index in [1.165, 1.54) is 56.2 Å². The van der Waals surface area contributed by atoms with Crippen molar-refractivity contribution in [1.29, 1.82) is 0 Å². The van der Waals surface area contributed by atoms with Gasteiger partial charge in [-0.05, 0) is 24.7 Å². The van der Waals surface area contributed by atoms with Crippen molar-refractivity contribution in [3.05, 3.63) is 6.92 Å². The van der Waals surface area contributed by atoms with Crippen LogP contribution in [-0.4, -0.2) is 31.2 Å². The molecule has 0 spiro atoms. The molecule has 0 saturated carbocycles. The fourth-order valence-corrected chi connectivity index (χ4v) is 2.45. The molecule has 1 saturated heterocycles. The Balaban J connectivity index is 2.23. The number of nitrogens with zero attached hydrogens (tertiary/aromatic N) is 1. The maximum absolute atomic E-state index is 3.90. The van der Waals surface area contributed by atoms with E-state index in [9.17, 15) is 0 Å². The van der Waals surface area contributed by atoms with E-state index in [1.807, 2.05) is 0 Å². The Morgan fingerprint density at radius 1 is 1.07 bits per heavy atom. The van der Waals surface area contributed by atoms with E-state index < -0.39 is 0 Å². The number of unbranched alkanes of at least 4 members (excludes halogenated alkanes) is 3. The van der Waals surface area contributed by atoms with Gasteiger partial charge in [0.15, 0.2) is 0 Å². The summed E-state index contributed by atoms with van der Waals surface area (Å²) in [6, 6.07) is 0. The Morgan fingerprint density at radius 3 is 2.20 bits per heavy atom. The lowest BCUT2D eigenvalue weighted by Gasteiger charge is -2.43. The van der Waals surface area contributed by atoms with Crippen molar-refractivity contribution in [2.75, 3.05) is 26.7 Å². The zero-order chi connectivity index (χ0) is 11.4. The van der Waals surface area contributed by atoms with E-state index in [0.29, 0.717) is 5.41 Å². The Labute approximate surface area is 96.4 Å². The molecule has 0 aromatic carbocycles. The van der Waals surface area contributed by atoms with Crippen LogP contribution in [0, 0.1) is 12.3 Å². The largest absolute Gasteiger partial charge is 0.326 e. The van der Waals surface area contributed by atoms with Crippen LogP contribution in [0.5, 0.6) is 0 Å². The number of hydrogen-bond acceptors (Lipinski definition) is 0. The lowest BCUT2D eigenvalue weighted by molar-refractivity contribution is -0.916. The zero-order valence-electron chi connectivity index (χ0n) is 11.0. The van der Waals surface area contributed by atoms with Crippen LogP contribution in [0.15, 0.2) is 0 Å². The van der Waals surface area contributed by atoms with Gasteiger partial charge < -0.3 is 4.48 Å². The smallest absolute Gasteiger partial charge is 0.0850 e. The zero-order valence-corrected chi connectivity index (χ0v) is 11.0. The van der Waals surface area contributed by atoms with Crippen LogP contribution in [0.1, 0.15) is 52.4 Å². The monoisotopic (exact) mass is 211 g/mol. The van der Waals surface area contributed by atoms with Crippen molar-refractivity contribution < 1.29 is 4.48 Å². The standard InChI is InChI=1S/C14H29N/c1-5-6-7-8-11-15(4)12-9-14(2,3)10-13-15/h1,5-13H2,2-4H3/q+2. The first-order chi connectivity index (χ1) is 6.97. The van der Waals surface area contributed by atoms with Gasteiger partial charge in [0, 0.05) is 12.8 Å². The van der Waals surface area contributed by atoms with Gasteiger partial charge in [-0.3, -0.25) is 0 Å². The Hall–Kier alpha value is -0.170. The van der Waals surface area contributed by atoms with Gasteiger partial charge in [-0.25, -0.2) is 0 Å². The number of quaternary nitrogens is 1. The minimum absolute atomic E-state index is 0.602. The van der Waals surface area contributed by atoms with Crippen molar-refractivity contribution in [2.45, 2.75) is 52.4 Å². The van der Waals surface area contributed by atoms with Gasteiger partial charge in [0.05, 0.1) is 40.0 Å². The first-order valence-electron chi connectivity index (χ1n) is 6.60. The molecular formula is C14H29N+2. The predicted octanol–water partition coefficient (Wildman–Crippen LogP) is 3.65. The summed E-state index contributed by atoms with van der Waals surface area (Å²) in [7, 11) is 2.44. The molecule has 1 heteroatoms. The number of piperidine rings is 1. The van der Waals surface area contributed by atoms with Crippen molar-refractivity contribution in [1.82, 2.24) is 0 Å². The van der Waals surface area contributed by atoms with Crippen molar-refractivity contribution in [3.8, 4) is 0 Å². The summed E-state index contributed by atoms with van der Waals surface area (Å²) < 4.78 is 1.32. The van der Waals surface area contributed by atoms with Gasteiger partial charge in [-0.2, -0.15) is 0 Å². The second-order valence-corrected chi connectivity index (χ2v) is 6.37. The van der Waals surface area contributed by atoms with Crippen LogP contribution in [-0.2, 0) is 0 Å². The van der Waals surface area contributed by atoms with Gasteiger partial charge in [0.1, 0.15) is 0 Å². The summed E-state index contributed by atoms with van der Waals surface area (Å²) in [6.45, 7) is 12.9. The molecule has 1 aliphatic heterocycles. The summed E-state index contributed by atoms with van der Waals surface area (Å²) in [5.41, 5.74) is 0.602. The molecular weight excluding hydrogens is 182 g/mol. The SMILES string of the molecule is [CH2+]CCCCC[N+]1(C)CCC(C)(C)CC1. The van der Waals surface area contributed by atoms with Gasteiger partial charge in [-0.1, -0.05) is 13.8 Å². The molecule has 0 bridgehead atoms. The first-order valence-corrected chi connectivity index (χ1v) is 6.60. The van der Waals surface area contributed by atoms with Gasteiger partial charge >= 0.3 is 0 Å². The molecule has 1 nitrogen and oxygen atoms in total. The third-order valence-corrected chi connectivity index (χ3v) is 4.10. The summed E-state index contributed by atoms with van der Waals surface area (Å²) in [6.07, 6.45) is 7.99. The van der Waals surface area contributed by atoms with Crippen LogP contribution >= 0.6 is 0 Å². The Kier molecular flexibility index (Phi) is 4.51. The maximum atomic E-state index is 3.90. The van der Waals surface area contributed by atoms with Gasteiger partial charge in [-0.15, -0.1) is 0 Å². The molecule has 0 amide bonds. The van der Waals surface area contributed by atoms with Crippen LogP contribution in [0.25, 0.3) is 0 Å². The molecule has 1 heterocycles. The molecule has 0 aromatic rings. The van der Waals surface area contributed by atoms with Crippen LogP contribution in [0.2, 0.25) is 0 Å². The summed E-state index contributed by atoms with van der Waals surface area (Å²) in [5, 5.41) is 0. The quantitative estimate of drug-likeness (QED) is 0.370. The second kappa shape index (κ2) is 5.25. The lowest BCUT2D eigenvalue weighted by atomic mass is 9.81. The van der Waals surface area contributed by atoms with E-state index in [0.717, 1.165) is 6.42 Å². The Morgan fingerprint density at radius 2 is 1.67 bits per heavy atom.